The zero-order chi connectivity index (χ0) is 17.6. The van der Waals surface area contributed by atoms with E-state index in [1.165, 1.54) is 6.08 Å². The third kappa shape index (κ3) is 4.47. The fourth-order valence-corrected chi connectivity index (χ4v) is 2.37. The van der Waals surface area contributed by atoms with E-state index >= 15 is 0 Å². The van der Waals surface area contributed by atoms with Gasteiger partial charge in [-0.05, 0) is 38.1 Å². The first kappa shape index (κ1) is 16.8. The van der Waals surface area contributed by atoms with Crippen molar-refractivity contribution in [3.05, 3.63) is 66.1 Å². The first-order chi connectivity index (χ1) is 12.1. The number of para-hydroxylation sites is 1. The Labute approximate surface area is 146 Å². The van der Waals surface area contributed by atoms with Gasteiger partial charge >= 0.3 is 0 Å². The molecule has 0 aliphatic rings. The molecule has 0 fully saturated rings. The van der Waals surface area contributed by atoms with Crippen LogP contribution < -0.4 is 10.1 Å². The van der Waals surface area contributed by atoms with Crippen LogP contribution in [0.1, 0.15) is 25.2 Å². The highest BCUT2D eigenvalue weighted by atomic mass is 16.5. The summed E-state index contributed by atoms with van der Waals surface area (Å²) in [6.45, 7) is 4.22. The quantitative estimate of drug-likeness (QED) is 0.692. The molecule has 2 heterocycles. The molecule has 5 nitrogen and oxygen atoms in total. The Kier molecular flexibility index (Phi) is 5.14. The van der Waals surface area contributed by atoms with Crippen molar-refractivity contribution in [2.45, 2.75) is 26.5 Å². The fourth-order valence-electron chi connectivity index (χ4n) is 2.37. The smallest absolute Gasteiger partial charge is 0.244 e. The number of carbonyl (C=O) groups is 1. The van der Waals surface area contributed by atoms with Crippen molar-refractivity contribution in [2.75, 3.05) is 0 Å². The number of carbonyl (C=O) groups excluding carboxylic acids is 1. The van der Waals surface area contributed by atoms with Crippen LogP contribution in [0.3, 0.4) is 0 Å². The second-order valence-electron chi connectivity index (χ2n) is 5.87. The zero-order valence-electron chi connectivity index (χ0n) is 14.2. The highest BCUT2D eigenvalue weighted by Gasteiger charge is 2.07. The molecule has 0 aliphatic carbocycles. The van der Waals surface area contributed by atoms with Crippen LogP contribution in [0.15, 0.2) is 59.2 Å². The topological polar surface area (TPSA) is 64.4 Å². The summed E-state index contributed by atoms with van der Waals surface area (Å²) < 4.78 is 11.3. The molecule has 1 N–H and O–H groups in total. The molecule has 1 aromatic carbocycles. The lowest BCUT2D eigenvalue weighted by molar-refractivity contribution is -0.116. The van der Waals surface area contributed by atoms with Crippen molar-refractivity contribution in [3.63, 3.8) is 0 Å². The average Bonchev–Trinajstić information content (AvgIpc) is 3.01. The van der Waals surface area contributed by atoms with Gasteiger partial charge in [-0.2, -0.15) is 0 Å². The summed E-state index contributed by atoms with van der Waals surface area (Å²) in [5.74, 6) is 0.973. The lowest BCUT2D eigenvalue weighted by Crippen LogP contribution is -2.21. The van der Waals surface area contributed by atoms with Crippen molar-refractivity contribution in [2.24, 2.45) is 0 Å². The van der Waals surface area contributed by atoms with E-state index in [1.54, 1.807) is 12.3 Å². The third-order valence-corrected chi connectivity index (χ3v) is 3.49. The Morgan fingerprint density at radius 2 is 2.12 bits per heavy atom. The van der Waals surface area contributed by atoms with Crippen molar-refractivity contribution < 1.29 is 13.9 Å². The molecule has 1 amide bonds. The van der Waals surface area contributed by atoms with Crippen molar-refractivity contribution in [3.8, 4) is 5.88 Å². The Bertz CT molecular complexity index is 864. The van der Waals surface area contributed by atoms with Crippen LogP contribution in [-0.2, 0) is 11.3 Å². The molecule has 0 saturated carbocycles. The summed E-state index contributed by atoms with van der Waals surface area (Å²) in [5.41, 5.74) is 1.63. The van der Waals surface area contributed by atoms with Crippen LogP contribution in [0.5, 0.6) is 5.88 Å². The van der Waals surface area contributed by atoms with E-state index in [9.17, 15) is 4.79 Å². The number of ether oxygens (including phenoxy) is 1. The summed E-state index contributed by atoms with van der Waals surface area (Å²) >= 11 is 0. The summed E-state index contributed by atoms with van der Waals surface area (Å²) in [7, 11) is 0. The predicted molar refractivity (Wildman–Crippen MR) is 97.1 cm³/mol. The van der Waals surface area contributed by atoms with Gasteiger partial charge in [-0.15, -0.1) is 0 Å². The normalized spacial score (nSPS) is 11.3. The number of benzene rings is 1. The molecule has 0 atom stereocenters. The Morgan fingerprint density at radius 1 is 1.28 bits per heavy atom. The predicted octanol–water partition coefficient (Wildman–Crippen LogP) is 3.94. The van der Waals surface area contributed by atoms with Gasteiger partial charge in [0.1, 0.15) is 11.3 Å². The van der Waals surface area contributed by atoms with Gasteiger partial charge in [-0.25, -0.2) is 4.98 Å². The molecule has 128 valence electrons. The van der Waals surface area contributed by atoms with Crippen LogP contribution in [-0.4, -0.2) is 17.0 Å². The average molecular weight is 336 g/mol. The van der Waals surface area contributed by atoms with Gasteiger partial charge in [0.25, 0.3) is 0 Å². The van der Waals surface area contributed by atoms with Gasteiger partial charge < -0.3 is 14.5 Å². The molecule has 3 rings (SSSR count). The van der Waals surface area contributed by atoms with Gasteiger partial charge in [0, 0.05) is 29.8 Å². The van der Waals surface area contributed by atoms with Crippen LogP contribution in [0, 0.1) is 0 Å². The Hall–Kier alpha value is -3.08. The molecule has 2 aromatic heterocycles. The number of rotatable bonds is 6. The minimum Gasteiger partial charge on any atom is -0.475 e. The Morgan fingerprint density at radius 3 is 2.92 bits per heavy atom. The molecule has 0 aliphatic heterocycles. The summed E-state index contributed by atoms with van der Waals surface area (Å²) in [6.07, 6.45) is 4.81. The van der Waals surface area contributed by atoms with E-state index < -0.39 is 0 Å². The second-order valence-corrected chi connectivity index (χ2v) is 5.87. The van der Waals surface area contributed by atoms with Crippen molar-refractivity contribution >= 4 is 23.0 Å². The van der Waals surface area contributed by atoms with Crippen molar-refractivity contribution in [1.82, 2.24) is 10.3 Å². The summed E-state index contributed by atoms with van der Waals surface area (Å²) in [4.78, 5) is 16.2. The molecular weight excluding hydrogens is 316 g/mol. The van der Waals surface area contributed by atoms with E-state index in [1.807, 2.05) is 56.3 Å². The standard InChI is InChI=1S/C20H20N2O3/c1-14(2)24-20-16(7-5-11-21-20)13-22-19(23)10-9-17-12-15-6-3-4-8-18(15)25-17/h3-12,14H,13H2,1-2H3,(H,22,23)/b10-9+. The van der Waals surface area contributed by atoms with Gasteiger partial charge in [0.05, 0.1) is 6.10 Å². The molecule has 0 unspecified atom stereocenters. The van der Waals surface area contributed by atoms with Crippen LogP contribution in [0.4, 0.5) is 0 Å². The fraction of sp³-hybridized carbons (Fsp3) is 0.200. The number of nitrogens with zero attached hydrogens (tertiary/aromatic N) is 1. The largest absolute Gasteiger partial charge is 0.475 e. The van der Waals surface area contributed by atoms with E-state index in [-0.39, 0.29) is 12.0 Å². The zero-order valence-corrected chi connectivity index (χ0v) is 14.2. The maximum absolute atomic E-state index is 12.0. The number of aromatic nitrogens is 1. The van der Waals surface area contributed by atoms with Gasteiger partial charge in [0.2, 0.25) is 11.8 Å². The molecule has 0 bridgehead atoms. The van der Waals surface area contributed by atoms with Crippen LogP contribution in [0.2, 0.25) is 0 Å². The molecule has 0 saturated heterocycles. The monoisotopic (exact) mass is 336 g/mol. The Balaban J connectivity index is 1.61. The number of hydrogen-bond donors (Lipinski definition) is 1. The highest BCUT2D eigenvalue weighted by molar-refractivity contribution is 5.92. The van der Waals surface area contributed by atoms with Crippen LogP contribution in [0.25, 0.3) is 17.0 Å². The maximum atomic E-state index is 12.0. The number of nitrogens with one attached hydrogen (secondary N) is 1. The maximum Gasteiger partial charge on any atom is 0.244 e. The molecule has 25 heavy (non-hydrogen) atoms. The van der Waals surface area contributed by atoms with Gasteiger partial charge in [-0.1, -0.05) is 24.3 Å². The number of hydrogen-bond acceptors (Lipinski definition) is 4. The number of fused-ring (bicyclic) bond motifs is 1. The van der Waals surface area contributed by atoms with Gasteiger partial charge in [0.15, 0.2) is 0 Å². The lowest BCUT2D eigenvalue weighted by atomic mass is 10.2. The lowest BCUT2D eigenvalue weighted by Gasteiger charge is -2.12. The van der Waals surface area contributed by atoms with Gasteiger partial charge in [-0.3, -0.25) is 4.79 Å². The van der Waals surface area contributed by atoms with E-state index in [0.717, 1.165) is 16.5 Å². The first-order valence-corrected chi connectivity index (χ1v) is 8.17. The van der Waals surface area contributed by atoms with E-state index in [2.05, 4.69) is 10.3 Å². The summed E-state index contributed by atoms with van der Waals surface area (Å²) in [5, 5.41) is 3.84. The minimum absolute atomic E-state index is 0.0253. The third-order valence-electron chi connectivity index (χ3n) is 3.49. The summed E-state index contributed by atoms with van der Waals surface area (Å²) in [6, 6.07) is 13.3. The minimum atomic E-state index is -0.209. The molecule has 0 radical (unpaired) electrons. The number of amides is 1. The number of pyridine rings is 1. The highest BCUT2D eigenvalue weighted by Crippen LogP contribution is 2.19. The second kappa shape index (κ2) is 7.66. The van der Waals surface area contributed by atoms with Crippen molar-refractivity contribution in [1.29, 1.82) is 0 Å². The van der Waals surface area contributed by atoms with E-state index in [4.69, 9.17) is 9.15 Å². The van der Waals surface area contributed by atoms with Crippen LogP contribution >= 0.6 is 0 Å². The molecule has 5 heteroatoms. The first-order valence-electron chi connectivity index (χ1n) is 8.17. The molecular formula is C20H20N2O3. The SMILES string of the molecule is CC(C)Oc1ncccc1CNC(=O)/C=C/c1cc2ccccc2o1. The molecule has 0 spiro atoms. The number of furan rings is 1. The van der Waals surface area contributed by atoms with E-state index in [0.29, 0.717) is 18.2 Å². The molecule has 3 aromatic rings.